The summed E-state index contributed by atoms with van der Waals surface area (Å²) in [4.78, 5) is 0. The van der Waals surface area contributed by atoms with E-state index >= 15 is 0 Å². The molecule has 1 aromatic carbocycles. The van der Waals surface area contributed by atoms with Crippen molar-refractivity contribution in [1.82, 2.24) is 5.32 Å². The average Bonchev–Trinajstić information content (AvgIpc) is 2.42. The lowest BCUT2D eigenvalue weighted by Gasteiger charge is -2.35. The lowest BCUT2D eigenvalue weighted by molar-refractivity contribution is 0.0201. The first-order valence-corrected chi connectivity index (χ1v) is 7.81. The summed E-state index contributed by atoms with van der Waals surface area (Å²) in [7, 11) is 0. The maximum atomic E-state index is 10.00. The zero-order chi connectivity index (χ0) is 15.9. The van der Waals surface area contributed by atoms with E-state index in [2.05, 4.69) is 39.9 Å². The van der Waals surface area contributed by atoms with E-state index in [0.29, 0.717) is 13.2 Å². The van der Waals surface area contributed by atoms with Crippen molar-refractivity contribution in [2.75, 3.05) is 19.8 Å². The molecule has 0 aliphatic carbocycles. The monoisotopic (exact) mass is 293 g/mol. The van der Waals surface area contributed by atoms with Crippen molar-refractivity contribution in [3.05, 3.63) is 35.9 Å². The molecule has 0 spiro atoms. The Morgan fingerprint density at radius 2 is 1.76 bits per heavy atom. The van der Waals surface area contributed by atoms with Crippen LogP contribution >= 0.6 is 0 Å². The molecule has 0 saturated carbocycles. The second-order valence-corrected chi connectivity index (χ2v) is 7.27. The van der Waals surface area contributed by atoms with Gasteiger partial charge >= 0.3 is 0 Å². The topological polar surface area (TPSA) is 41.5 Å². The molecule has 1 rings (SSSR count). The van der Waals surface area contributed by atoms with Crippen LogP contribution in [0.5, 0.6) is 0 Å². The summed E-state index contributed by atoms with van der Waals surface area (Å²) in [6.45, 7) is 12.0. The van der Waals surface area contributed by atoms with Gasteiger partial charge in [0.2, 0.25) is 0 Å². The van der Waals surface area contributed by atoms with Crippen molar-refractivity contribution in [3.8, 4) is 0 Å². The number of nitrogens with one attached hydrogen (secondary N) is 1. The summed E-state index contributed by atoms with van der Waals surface area (Å²) in [5.41, 5.74) is 0.796. The van der Waals surface area contributed by atoms with Crippen LogP contribution in [0.3, 0.4) is 0 Å². The van der Waals surface area contributed by atoms with Gasteiger partial charge < -0.3 is 15.2 Å². The van der Waals surface area contributed by atoms with E-state index in [1.54, 1.807) is 0 Å². The fourth-order valence-electron chi connectivity index (χ4n) is 2.33. The molecule has 0 heterocycles. The summed E-state index contributed by atoms with van der Waals surface area (Å²) in [6.07, 6.45) is 1.00. The Balaban J connectivity index is 2.77. The average molecular weight is 293 g/mol. The van der Waals surface area contributed by atoms with Crippen molar-refractivity contribution in [3.63, 3.8) is 0 Å². The van der Waals surface area contributed by atoms with Gasteiger partial charge in [-0.15, -0.1) is 0 Å². The van der Waals surface area contributed by atoms with Gasteiger partial charge in [-0.1, -0.05) is 51.1 Å². The highest BCUT2D eigenvalue weighted by Gasteiger charge is 2.32. The van der Waals surface area contributed by atoms with Gasteiger partial charge in [-0.05, 0) is 31.2 Å². The minimum atomic E-state index is -0.534. The highest BCUT2D eigenvalue weighted by Crippen LogP contribution is 2.23. The van der Waals surface area contributed by atoms with Crippen LogP contribution in [0, 0.1) is 5.41 Å². The van der Waals surface area contributed by atoms with Crippen molar-refractivity contribution in [1.29, 1.82) is 0 Å². The third-order valence-corrected chi connectivity index (χ3v) is 3.51. The first kappa shape index (κ1) is 18.1. The fraction of sp³-hybridized carbons (Fsp3) is 0.667. The van der Waals surface area contributed by atoms with Gasteiger partial charge in [-0.2, -0.15) is 0 Å². The number of benzene rings is 1. The van der Waals surface area contributed by atoms with E-state index in [-0.39, 0.29) is 18.1 Å². The Hall–Kier alpha value is -0.900. The van der Waals surface area contributed by atoms with Gasteiger partial charge in [0.1, 0.15) is 0 Å². The maximum absolute atomic E-state index is 10.00. The molecule has 21 heavy (non-hydrogen) atoms. The van der Waals surface area contributed by atoms with E-state index in [4.69, 9.17) is 4.74 Å². The molecular formula is C18H31NO2. The largest absolute Gasteiger partial charge is 0.394 e. The Bertz CT molecular complexity index is 397. The van der Waals surface area contributed by atoms with Crippen LogP contribution in [0.15, 0.2) is 30.3 Å². The van der Waals surface area contributed by atoms with Crippen molar-refractivity contribution < 1.29 is 9.84 Å². The number of ether oxygens (including phenoxy) is 1. The van der Waals surface area contributed by atoms with E-state index < -0.39 is 5.54 Å². The standard InChI is InChI=1S/C18H31NO2/c1-15(2)19-18(13-20,16-9-7-6-8-10-16)14-21-12-11-17(3,4)5/h6-10,15,19-20H,11-14H2,1-5H3. The number of hydrogen-bond acceptors (Lipinski definition) is 3. The van der Waals surface area contributed by atoms with Crippen LogP contribution in [0.1, 0.15) is 46.6 Å². The molecule has 3 heteroatoms. The fourth-order valence-corrected chi connectivity index (χ4v) is 2.33. The maximum Gasteiger partial charge on any atom is 0.0907 e. The molecule has 0 aliphatic heterocycles. The van der Waals surface area contributed by atoms with Crippen molar-refractivity contribution in [2.24, 2.45) is 5.41 Å². The Kier molecular flexibility index (Phi) is 6.85. The van der Waals surface area contributed by atoms with Crippen LogP contribution in [0.4, 0.5) is 0 Å². The van der Waals surface area contributed by atoms with Gasteiger partial charge in [0.05, 0.1) is 18.8 Å². The van der Waals surface area contributed by atoms with Gasteiger partial charge in [0.15, 0.2) is 0 Å². The normalized spacial score (nSPS) is 15.2. The predicted octanol–water partition coefficient (Wildman–Crippen LogP) is 3.33. The summed E-state index contributed by atoms with van der Waals surface area (Å²) in [5, 5.41) is 13.5. The molecule has 3 nitrogen and oxygen atoms in total. The van der Waals surface area contributed by atoms with Gasteiger partial charge in [-0.3, -0.25) is 0 Å². The van der Waals surface area contributed by atoms with Crippen LogP contribution < -0.4 is 5.32 Å². The molecule has 0 fully saturated rings. The zero-order valence-electron chi connectivity index (χ0n) is 14.1. The van der Waals surface area contributed by atoms with Gasteiger partial charge in [0.25, 0.3) is 0 Å². The molecule has 120 valence electrons. The Labute approximate surface area is 129 Å². The van der Waals surface area contributed by atoms with Crippen molar-refractivity contribution in [2.45, 2.75) is 52.6 Å². The lowest BCUT2D eigenvalue weighted by Crippen LogP contribution is -2.52. The first-order valence-electron chi connectivity index (χ1n) is 7.81. The molecule has 0 bridgehead atoms. The molecule has 1 unspecified atom stereocenters. The molecular weight excluding hydrogens is 262 g/mol. The smallest absolute Gasteiger partial charge is 0.0907 e. The van der Waals surface area contributed by atoms with E-state index in [9.17, 15) is 5.11 Å². The molecule has 0 radical (unpaired) electrons. The van der Waals surface area contributed by atoms with Gasteiger partial charge in [-0.25, -0.2) is 0 Å². The number of aliphatic hydroxyl groups is 1. The second-order valence-electron chi connectivity index (χ2n) is 7.27. The molecule has 1 aromatic rings. The Morgan fingerprint density at radius 3 is 2.24 bits per heavy atom. The quantitative estimate of drug-likeness (QED) is 0.722. The van der Waals surface area contributed by atoms with Gasteiger partial charge in [0, 0.05) is 12.6 Å². The molecule has 0 amide bonds. The third-order valence-electron chi connectivity index (χ3n) is 3.51. The van der Waals surface area contributed by atoms with Crippen LogP contribution in [0.25, 0.3) is 0 Å². The first-order chi connectivity index (χ1) is 9.79. The van der Waals surface area contributed by atoms with Crippen LogP contribution in [-0.2, 0) is 10.3 Å². The van der Waals surface area contributed by atoms with Crippen LogP contribution in [0.2, 0.25) is 0 Å². The van der Waals surface area contributed by atoms with E-state index in [0.717, 1.165) is 12.0 Å². The SMILES string of the molecule is CC(C)NC(CO)(COCCC(C)(C)C)c1ccccc1. The summed E-state index contributed by atoms with van der Waals surface area (Å²) in [6, 6.07) is 10.3. The molecule has 0 aromatic heterocycles. The second kappa shape index (κ2) is 7.92. The minimum absolute atomic E-state index is 0.0186. The van der Waals surface area contributed by atoms with E-state index in [1.165, 1.54) is 0 Å². The third kappa shape index (κ3) is 6.16. The molecule has 2 N–H and O–H groups in total. The molecule has 0 aliphatic rings. The van der Waals surface area contributed by atoms with Crippen LogP contribution in [-0.4, -0.2) is 31.0 Å². The highest BCUT2D eigenvalue weighted by atomic mass is 16.5. The Morgan fingerprint density at radius 1 is 1.14 bits per heavy atom. The zero-order valence-corrected chi connectivity index (χ0v) is 14.1. The minimum Gasteiger partial charge on any atom is -0.394 e. The molecule has 0 saturated heterocycles. The van der Waals surface area contributed by atoms with E-state index in [1.807, 2.05) is 30.3 Å². The molecule has 1 atom stereocenters. The van der Waals surface area contributed by atoms with Crippen molar-refractivity contribution >= 4 is 0 Å². The summed E-state index contributed by atoms with van der Waals surface area (Å²) >= 11 is 0. The predicted molar refractivity (Wildman–Crippen MR) is 88.4 cm³/mol. The number of aliphatic hydroxyl groups excluding tert-OH is 1. The lowest BCUT2D eigenvalue weighted by atomic mass is 9.90. The summed E-state index contributed by atoms with van der Waals surface area (Å²) < 4.78 is 5.90. The number of hydrogen-bond donors (Lipinski definition) is 2. The highest BCUT2D eigenvalue weighted by molar-refractivity contribution is 5.25. The summed E-state index contributed by atoms with van der Waals surface area (Å²) in [5.74, 6) is 0. The number of rotatable bonds is 8.